The number of hydrazine groups is 1. The number of primary amides is 1. The van der Waals surface area contributed by atoms with Crippen molar-refractivity contribution in [1.29, 1.82) is 0 Å². The maximum Gasteiger partial charge on any atom is 0.291 e. The monoisotopic (exact) mass is 468 g/mol. The normalized spacial score (nSPS) is 13.3. The zero-order chi connectivity index (χ0) is 24.1. The Balaban J connectivity index is 2.21. The molecule has 0 aliphatic rings. The van der Waals surface area contributed by atoms with Crippen LogP contribution in [0.3, 0.4) is 0 Å². The number of nitrogens with one attached hydrogen (secondary N) is 3. The third-order valence-electron chi connectivity index (χ3n) is 4.32. The third-order valence-corrected chi connectivity index (χ3v) is 4.51. The van der Waals surface area contributed by atoms with Crippen molar-refractivity contribution >= 4 is 46.3 Å². The van der Waals surface area contributed by atoms with Crippen molar-refractivity contribution in [3.05, 3.63) is 30.1 Å². The molecule has 0 spiro atoms. The highest BCUT2D eigenvalue weighted by molar-refractivity contribution is 6.29. The van der Waals surface area contributed by atoms with Crippen molar-refractivity contribution in [2.75, 3.05) is 6.54 Å². The van der Waals surface area contributed by atoms with Gasteiger partial charge in [-0.1, -0.05) is 44.5 Å². The fraction of sp³-hybridized carbons (Fsp3) is 0.450. The lowest BCUT2D eigenvalue weighted by Gasteiger charge is -2.29. The standard InChI is InChI=1S/C20H26ClFN6O4/c1-20(2,3)10-13(17(30)27-28(9-8-14(23)29)19(32)15(21)22)26-18(31)16-24-11-6-4-5-7-12(11)25-16/h4-7,13,15H,8-10H2,1-3H3,(H2,23,29)(H,24,25)(H,26,31)(H,27,30)/t13-,15?/m0/s1. The molecule has 0 bridgehead atoms. The van der Waals surface area contributed by atoms with Crippen LogP contribution in [0, 0.1) is 5.41 Å². The van der Waals surface area contributed by atoms with Crippen LogP contribution in [0.25, 0.3) is 11.0 Å². The minimum Gasteiger partial charge on any atom is -0.370 e. The van der Waals surface area contributed by atoms with E-state index in [4.69, 9.17) is 17.3 Å². The lowest BCUT2D eigenvalue weighted by Crippen LogP contribution is -2.56. The maximum absolute atomic E-state index is 13.3. The van der Waals surface area contributed by atoms with Gasteiger partial charge in [0, 0.05) is 6.42 Å². The Morgan fingerprint density at radius 2 is 1.91 bits per heavy atom. The summed E-state index contributed by atoms with van der Waals surface area (Å²) in [6.45, 7) is 5.18. The van der Waals surface area contributed by atoms with Crippen molar-refractivity contribution in [2.45, 2.75) is 45.3 Å². The fourth-order valence-corrected chi connectivity index (χ4v) is 3.00. The molecule has 0 saturated carbocycles. The van der Waals surface area contributed by atoms with Crippen LogP contribution in [0.4, 0.5) is 4.39 Å². The van der Waals surface area contributed by atoms with Crippen molar-refractivity contribution in [2.24, 2.45) is 11.1 Å². The number of rotatable bonds is 8. The number of halogens is 2. The zero-order valence-electron chi connectivity index (χ0n) is 17.9. The van der Waals surface area contributed by atoms with Gasteiger partial charge in [0.15, 0.2) is 5.82 Å². The van der Waals surface area contributed by atoms with E-state index in [1.165, 1.54) is 0 Å². The first kappa shape index (κ1) is 25.1. The number of nitrogens with two attached hydrogens (primary N) is 1. The van der Waals surface area contributed by atoms with Crippen LogP contribution in [-0.4, -0.2) is 56.8 Å². The number of carbonyl (C=O) groups is 4. The van der Waals surface area contributed by atoms with Gasteiger partial charge in [0.1, 0.15) is 6.04 Å². The molecule has 2 atom stereocenters. The number of H-pyrrole nitrogens is 1. The SMILES string of the molecule is CC(C)(C)C[C@H](NC(=O)c1nc2ccccc2[nH]1)C(=O)NN(CCC(N)=O)C(=O)C(F)Cl. The van der Waals surface area contributed by atoms with Gasteiger partial charge in [0.25, 0.3) is 23.4 Å². The molecule has 1 heterocycles. The molecule has 1 aromatic heterocycles. The highest BCUT2D eigenvalue weighted by Gasteiger charge is 2.31. The molecule has 4 amide bonds. The van der Waals surface area contributed by atoms with Crippen molar-refractivity contribution in [1.82, 2.24) is 25.7 Å². The van der Waals surface area contributed by atoms with Crippen molar-refractivity contribution in [3.63, 3.8) is 0 Å². The molecule has 0 aliphatic carbocycles. The Hall–Kier alpha value is -3.21. The number of imidazole rings is 1. The smallest absolute Gasteiger partial charge is 0.291 e. The van der Waals surface area contributed by atoms with Crippen molar-refractivity contribution < 1.29 is 23.6 Å². The summed E-state index contributed by atoms with van der Waals surface area (Å²) in [6, 6.07) is 5.93. The number of hydrogen-bond acceptors (Lipinski definition) is 5. The maximum atomic E-state index is 13.3. The van der Waals surface area contributed by atoms with Gasteiger partial charge in [-0.3, -0.25) is 24.6 Å². The Labute approximate surface area is 189 Å². The Morgan fingerprint density at radius 1 is 1.25 bits per heavy atom. The Bertz CT molecular complexity index is 970. The van der Waals surface area contributed by atoms with E-state index in [0.717, 1.165) is 0 Å². The quantitative estimate of drug-likeness (QED) is 0.341. The lowest BCUT2D eigenvalue weighted by atomic mass is 9.88. The molecule has 0 aliphatic heterocycles. The zero-order valence-corrected chi connectivity index (χ0v) is 18.7. The van der Waals surface area contributed by atoms with Gasteiger partial charge < -0.3 is 16.0 Å². The minimum absolute atomic E-state index is 0.00384. The van der Waals surface area contributed by atoms with E-state index in [1.54, 1.807) is 24.3 Å². The molecule has 2 aromatic rings. The molecule has 10 nitrogen and oxygen atoms in total. The Kier molecular flexibility index (Phi) is 8.14. The first-order chi connectivity index (χ1) is 14.9. The number of hydrogen-bond donors (Lipinski definition) is 4. The van der Waals surface area contributed by atoms with E-state index < -0.39 is 40.7 Å². The molecule has 1 unspecified atom stereocenters. The average molecular weight is 469 g/mol. The average Bonchev–Trinajstić information content (AvgIpc) is 3.13. The topological polar surface area (TPSA) is 150 Å². The number of para-hydroxylation sites is 2. The van der Waals surface area contributed by atoms with Crippen molar-refractivity contribution in [3.8, 4) is 0 Å². The van der Waals surface area contributed by atoms with Crippen LogP contribution in [0.15, 0.2) is 24.3 Å². The second kappa shape index (κ2) is 10.4. The van der Waals surface area contributed by atoms with Crippen LogP contribution in [0.5, 0.6) is 0 Å². The van der Waals surface area contributed by atoms with Crippen LogP contribution in [0.1, 0.15) is 44.2 Å². The van der Waals surface area contributed by atoms with Gasteiger partial charge in [-0.05, 0) is 24.0 Å². The van der Waals surface area contributed by atoms with E-state index in [9.17, 15) is 23.6 Å². The number of fused-ring (bicyclic) bond motifs is 1. The molecular weight excluding hydrogens is 443 g/mol. The van der Waals surface area contributed by atoms with Gasteiger partial charge >= 0.3 is 0 Å². The lowest BCUT2D eigenvalue weighted by molar-refractivity contribution is -0.144. The van der Waals surface area contributed by atoms with Gasteiger partial charge in [-0.2, -0.15) is 0 Å². The number of nitrogens with zero attached hydrogens (tertiary/aromatic N) is 2. The summed E-state index contributed by atoms with van der Waals surface area (Å²) in [6.07, 6.45) is -0.145. The predicted octanol–water partition coefficient (Wildman–Crippen LogP) is 1.37. The summed E-state index contributed by atoms with van der Waals surface area (Å²) in [5.74, 6) is -3.45. The summed E-state index contributed by atoms with van der Waals surface area (Å²) < 4.78 is 13.3. The highest BCUT2D eigenvalue weighted by atomic mass is 35.5. The second-order valence-corrected chi connectivity index (χ2v) is 8.76. The van der Waals surface area contributed by atoms with E-state index in [2.05, 4.69) is 20.7 Å². The number of carbonyl (C=O) groups excluding carboxylic acids is 4. The Morgan fingerprint density at radius 3 is 2.47 bits per heavy atom. The highest BCUT2D eigenvalue weighted by Crippen LogP contribution is 2.21. The molecule has 2 rings (SSSR count). The first-order valence-corrected chi connectivity index (χ1v) is 10.2. The molecule has 0 radical (unpaired) electrons. The number of benzene rings is 1. The van der Waals surface area contributed by atoms with Gasteiger partial charge in [-0.25, -0.2) is 14.4 Å². The minimum atomic E-state index is -2.44. The number of aromatic nitrogens is 2. The molecule has 12 heteroatoms. The summed E-state index contributed by atoms with van der Waals surface area (Å²) >= 11 is 5.20. The van der Waals surface area contributed by atoms with E-state index in [0.29, 0.717) is 16.0 Å². The number of amides is 4. The molecule has 0 saturated heterocycles. The van der Waals surface area contributed by atoms with Gasteiger partial charge in [-0.15, -0.1) is 0 Å². The molecule has 5 N–H and O–H groups in total. The first-order valence-electron chi connectivity index (χ1n) is 9.81. The fourth-order valence-electron chi connectivity index (χ4n) is 2.88. The van der Waals surface area contributed by atoms with Crippen LogP contribution < -0.4 is 16.5 Å². The van der Waals surface area contributed by atoms with Gasteiger partial charge in [0.2, 0.25) is 5.91 Å². The molecule has 32 heavy (non-hydrogen) atoms. The molecule has 0 fully saturated rings. The van der Waals surface area contributed by atoms with Gasteiger partial charge in [0.05, 0.1) is 17.6 Å². The molecule has 1 aromatic carbocycles. The van der Waals surface area contributed by atoms with E-state index in [-0.39, 0.29) is 25.2 Å². The second-order valence-electron chi connectivity index (χ2n) is 8.38. The van der Waals surface area contributed by atoms with E-state index in [1.807, 2.05) is 20.8 Å². The third kappa shape index (κ3) is 7.19. The predicted molar refractivity (Wildman–Crippen MR) is 116 cm³/mol. The summed E-state index contributed by atoms with van der Waals surface area (Å²) in [5.41, 5.74) is 5.68. The molecular formula is C20H26ClFN6O4. The number of alkyl halides is 2. The number of aromatic amines is 1. The van der Waals surface area contributed by atoms with Crippen LogP contribution in [0.2, 0.25) is 0 Å². The van der Waals surface area contributed by atoms with E-state index >= 15 is 0 Å². The summed E-state index contributed by atoms with van der Waals surface area (Å²) in [5, 5.41) is 3.17. The van der Waals surface area contributed by atoms with Crippen LogP contribution >= 0.6 is 11.6 Å². The largest absolute Gasteiger partial charge is 0.370 e. The van der Waals surface area contributed by atoms with Crippen LogP contribution in [-0.2, 0) is 14.4 Å². The molecule has 174 valence electrons. The summed E-state index contributed by atoms with van der Waals surface area (Å²) in [4.78, 5) is 55.8. The summed E-state index contributed by atoms with van der Waals surface area (Å²) in [7, 11) is 0.